The SMILES string of the molecule is O=C(Nc1nc(-n2cccn2)nc(Cl)c1Br)OCc1ccccc1. The van der Waals surface area contributed by atoms with Crippen LogP contribution >= 0.6 is 27.5 Å². The van der Waals surface area contributed by atoms with Crippen LogP contribution in [0.5, 0.6) is 0 Å². The standard InChI is InChI=1S/C15H11BrClN5O2/c16-11-12(17)19-14(22-8-4-7-18-22)20-13(11)21-15(23)24-9-10-5-2-1-3-6-10/h1-8H,9H2,(H,19,20,21,23). The molecule has 0 saturated heterocycles. The van der Waals surface area contributed by atoms with Gasteiger partial charge in [0.1, 0.15) is 6.61 Å². The molecule has 1 amide bonds. The van der Waals surface area contributed by atoms with Gasteiger partial charge in [0.05, 0.1) is 4.47 Å². The van der Waals surface area contributed by atoms with Gasteiger partial charge in [-0.15, -0.1) is 0 Å². The summed E-state index contributed by atoms with van der Waals surface area (Å²) in [6.07, 6.45) is 2.60. The number of amides is 1. The Morgan fingerprint density at radius 2 is 2.04 bits per heavy atom. The van der Waals surface area contributed by atoms with E-state index in [0.717, 1.165) is 5.56 Å². The molecular weight excluding hydrogens is 398 g/mol. The van der Waals surface area contributed by atoms with E-state index < -0.39 is 6.09 Å². The van der Waals surface area contributed by atoms with Gasteiger partial charge in [-0.2, -0.15) is 15.1 Å². The van der Waals surface area contributed by atoms with E-state index in [1.807, 2.05) is 30.3 Å². The number of benzene rings is 1. The second-order valence-electron chi connectivity index (χ2n) is 4.61. The molecule has 0 aliphatic heterocycles. The number of aromatic nitrogens is 4. The Morgan fingerprint density at radius 1 is 1.25 bits per heavy atom. The Morgan fingerprint density at radius 3 is 2.75 bits per heavy atom. The Hall–Kier alpha value is -2.45. The van der Waals surface area contributed by atoms with Gasteiger partial charge in [-0.25, -0.2) is 9.48 Å². The Bertz CT molecular complexity index is 843. The lowest BCUT2D eigenvalue weighted by Gasteiger charge is -2.10. The van der Waals surface area contributed by atoms with Crippen molar-refractivity contribution in [2.45, 2.75) is 6.61 Å². The number of nitrogens with one attached hydrogen (secondary N) is 1. The number of carbonyl (C=O) groups is 1. The highest BCUT2D eigenvalue weighted by Crippen LogP contribution is 2.28. The van der Waals surface area contributed by atoms with Crippen LogP contribution in [0.25, 0.3) is 5.95 Å². The van der Waals surface area contributed by atoms with Crippen molar-refractivity contribution in [1.29, 1.82) is 0 Å². The molecule has 0 aliphatic rings. The third kappa shape index (κ3) is 3.90. The molecule has 7 nitrogen and oxygen atoms in total. The van der Waals surface area contributed by atoms with Crippen LogP contribution in [0, 0.1) is 0 Å². The molecule has 0 unspecified atom stereocenters. The van der Waals surface area contributed by atoms with Crippen LogP contribution in [0.3, 0.4) is 0 Å². The molecule has 0 fully saturated rings. The molecule has 0 radical (unpaired) electrons. The second kappa shape index (κ2) is 7.41. The molecule has 0 saturated carbocycles. The van der Waals surface area contributed by atoms with Gasteiger partial charge in [-0.3, -0.25) is 5.32 Å². The summed E-state index contributed by atoms with van der Waals surface area (Å²) in [6.45, 7) is 0.148. The van der Waals surface area contributed by atoms with Crippen molar-refractivity contribution in [3.8, 4) is 5.95 Å². The van der Waals surface area contributed by atoms with Gasteiger partial charge in [0.15, 0.2) is 11.0 Å². The highest BCUT2D eigenvalue weighted by atomic mass is 79.9. The predicted octanol–water partition coefficient (Wildman–Crippen LogP) is 3.83. The van der Waals surface area contributed by atoms with E-state index in [2.05, 4.69) is 36.3 Å². The number of halogens is 2. The molecule has 0 spiro atoms. The monoisotopic (exact) mass is 407 g/mol. The van der Waals surface area contributed by atoms with Crippen molar-refractivity contribution < 1.29 is 9.53 Å². The minimum atomic E-state index is -0.652. The molecule has 3 aromatic rings. The molecular formula is C15H11BrClN5O2. The van der Waals surface area contributed by atoms with E-state index in [9.17, 15) is 4.79 Å². The zero-order valence-electron chi connectivity index (χ0n) is 12.2. The van der Waals surface area contributed by atoms with Gasteiger partial charge in [-0.05, 0) is 27.6 Å². The fraction of sp³-hybridized carbons (Fsp3) is 0.0667. The minimum Gasteiger partial charge on any atom is -0.444 e. The maximum atomic E-state index is 12.0. The largest absolute Gasteiger partial charge is 0.444 e. The summed E-state index contributed by atoms with van der Waals surface area (Å²) in [6, 6.07) is 11.1. The summed E-state index contributed by atoms with van der Waals surface area (Å²) in [5, 5.41) is 6.71. The Balaban J connectivity index is 1.73. The van der Waals surface area contributed by atoms with Crippen molar-refractivity contribution in [2.24, 2.45) is 0 Å². The fourth-order valence-electron chi connectivity index (χ4n) is 1.84. The zero-order chi connectivity index (χ0) is 16.9. The molecule has 0 atom stereocenters. The van der Waals surface area contributed by atoms with Crippen LogP contribution < -0.4 is 5.32 Å². The first-order valence-corrected chi connectivity index (χ1v) is 8.01. The minimum absolute atomic E-state index is 0.147. The highest BCUT2D eigenvalue weighted by Gasteiger charge is 2.15. The van der Waals surface area contributed by atoms with Crippen LogP contribution in [0.1, 0.15) is 5.56 Å². The number of rotatable bonds is 4. The molecule has 1 aromatic carbocycles. The second-order valence-corrected chi connectivity index (χ2v) is 5.77. The van der Waals surface area contributed by atoms with Crippen LogP contribution in [0.4, 0.5) is 10.6 Å². The van der Waals surface area contributed by atoms with E-state index in [-0.39, 0.29) is 23.5 Å². The molecule has 2 aromatic heterocycles. The number of anilines is 1. The average molecular weight is 409 g/mol. The van der Waals surface area contributed by atoms with Gasteiger partial charge >= 0.3 is 6.09 Å². The maximum Gasteiger partial charge on any atom is 0.413 e. The number of hydrogen-bond acceptors (Lipinski definition) is 5. The van der Waals surface area contributed by atoms with Crippen molar-refractivity contribution in [3.05, 3.63) is 64.0 Å². The summed E-state index contributed by atoms with van der Waals surface area (Å²) in [5.41, 5.74) is 0.879. The summed E-state index contributed by atoms with van der Waals surface area (Å²) in [5.74, 6) is 0.421. The highest BCUT2D eigenvalue weighted by molar-refractivity contribution is 9.10. The predicted molar refractivity (Wildman–Crippen MR) is 92.1 cm³/mol. The quantitative estimate of drug-likeness (QED) is 0.664. The van der Waals surface area contributed by atoms with Crippen LogP contribution in [-0.4, -0.2) is 25.8 Å². The van der Waals surface area contributed by atoms with E-state index in [4.69, 9.17) is 16.3 Å². The third-order valence-corrected chi connectivity index (χ3v) is 4.19. The van der Waals surface area contributed by atoms with Crippen molar-refractivity contribution in [2.75, 3.05) is 5.32 Å². The van der Waals surface area contributed by atoms with Crippen LogP contribution in [0.2, 0.25) is 5.15 Å². The summed E-state index contributed by atoms with van der Waals surface area (Å²) in [7, 11) is 0. The third-order valence-electron chi connectivity index (χ3n) is 2.94. The summed E-state index contributed by atoms with van der Waals surface area (Å²) in [4.78, 5) is 20.3. The molecule has 0 bridgehead atoms. The van der Waals surface area contributed by atoms with E-state index in [0.29, 0.717) is 4.47 Å². The molecule has 24 heavy (non-hydrogen) atoms. The van der Waals surface area contributed by atoms with Crippen molar-refractivity contribution in [1.82, 2.24) is 19.7 Å². The van der Waals surface area contributed by atoms with Gasteiger partial charge < -0.3 is 4.74 Å². The molecule has 1 N–H and O–H groups in total. The lowest BCUT2D eigenvalue weighted by Crippen LogP contribution is -2.16. The Kier molecular flexibility index (Phi) is 5.07. The maximum absolute atomic E-state index is 12.0. The smallest absolute Gasteiger partial charge is 0.413 e. The topological polar surface area (TPSA) is 81.9 Å². The van der Waals surface area contributed by atoms with Gasteiger partial charge in [-0.1, -0.05) is 41.9 Å². The molecule has 122 valence electrons. The fourth-order valence-corrected chi connectivity index (χ4v) is 2.28. The van der Waals surface area contributed by atoms with E-state index in [1.165, 1.54) is 4.68 Å². The summed E-state index contributed by atoms with van der Waals surface area (Å²) >= 11 is 9.31. The summed E-state index contributed by atoms with van der Waals surface area (Å²) < 4.78 is 6.95. The first-order chi connectivity index (χ1) is 11.6. The molecule has 9 heteroatoms. The number of ether oxygens (including phenoxy) is 1. The van der Waals surface area contributed by atoms with Crippen LogP contribution in [0.15, 0.2) is 53.3 Å². The number of hydrogen-bond donors (Lipinski definition) is 1. The molecule has 2 heterocycles. The van der Waals surface area contributed by atoms with Gasteiger partial charge in [0, 0.05) is 12.4 Å². The Labute approximate surface area is 150 Å². The van der Waals surface area contributed by atoms with Gasteiger partial charge in [0.25, 0.3) is 5.95 Å². The lowest BCUT2D eigenvalue weighted by atomic mass is 10.2. The lowest BCUT2D eigenvalue weighted by molar-refractivity contribution is 0.155. The number of carbonyl (C=O) groups excluding carboxylic acids is 1. The average Bonchev–Trinajstić information content (AvgIpc) is 3.12. The van der Waals surface area contributed by atoms with Crippen molar-refractivity contribution in [3.63, 3.8) is 0 Å². The molecule has 0 aliphatic carbocycles. The zero-order valence-corrected chi connectivity index (χ0v) is 14.5. The normalized spacial score (nSPS) is 10.4. The molecule has 3 rings (SSSR count). The van der Waals surface area contributed by atoms with E-state index in [1.54, 1.807) is 18.5 Å². The number of nitrogens with zero attached hydrogens (tertiary/aromatic N) is 4. The first kappa shape index (κ1) is 16.4. The van der Waals surface area contributed by atoms with Gasteiger partial charge in [0.2, 0.25) is 0 Å². The van der Waals surface area contributed by atoms with Crippen LogP contribution in [-0.2, 0) is 11.3 Å². The van der Waals surface area contributed by atoms with Crippen molar-refractivity contribution >= 4 is 39.4 Å². The first-order valence-electron chi connectivity index (χ1n) is 6.84. The van der Waals surface area contributed by atoms with E-state index >= 15 is 0 Å².